The van der Waals surface area contributed by atoms with Crippen molar-refractivity contribution in [1.82, 2.24) is 5.32 Å². The van der Waals surface area contributed by atoms with Gasteiger partial charge in [-0.2, -0.15) is 0 Å². The van der Waals surface area contributed by atoms with Gasteiger partial charge in [-0.3, -0.25) is 9.59 Å². The van der Waals surface area contributed by atoms with E-state index in [2.05, 4.69) is 16.7 Å². The summed E-state index contributed by atoms with van der Waals surface area (Å²) in [6.07, 6.45) is 0.288. The number of nitrogens with zero attached hydrogens (tertiary/aromatic N) is 1. The zero-order valence-corrected chi connectivity index (χ0v) is 16.0. The van der Waals surface area contributed by atoms with E-state index >= 15 is 0 Å². The minimum absolute atomic E-state index is 0.0184. The molecule has 3 aromatic carbocycles. The van der Waals surface area contributed by atoms with Crippen LogP contribution in [0, 0.1) is 0 Å². The Morgan fingerprint density at radius 1 is 1.07 bits per heavy atom. The highest BCUT2D eigenvalue weighted by molar-refractivity contribution is 6.33. The van der Waals surface area contributed by atoms with E-state index in [1.807, 2.05) is 53.4 Å². The molecule has 1 saturated heterocycles. The standard InChI is InChI=1S/C22H20ClN3O2/c23-19-13-18(7-8-20(19)26-10-9-24-22(28)14-26)25-21(27)12-15-5-6-16-3-1-2-4-17(16)11-15/h1-8,11,13H,9-10,12,14H2,(H,24,28)(H,25,27). The normalized spacial score (nSPS) is 14.0. The number of fused-ring (bicyclic) bond motifs is 1. The fourth-order valence-corrected chi connectivity index (χ4v) is 3.72. The van der Waals surface area contributed by atoms with E-state index in [4.69, 9.17) is 11.6 Å². The molecule has 6 heteroatoms. The number of hydrogen-bond donors (Lipinski definition) is 2. The van der Waals surface area contributed by atoms with E-state index in [1.54, 1.807) is 6.07 Å². The lowest BCUT2D eigenvalue weighted by Crippen LogP contribution is -2.47. The van der Waals surface area contributed by atoms with Crippen molar-refractivity contribution in [2.45, 2.75) is 6.42 Å². The number of rotatable bonds is 4. The molecule has 0 atom stereocenters. The number of halogens is 1. The lowest BCUT2D eigenvalue weighted by molar-refractivity contribution is -0.120. The lowest BCUT2D eigenvalue weighted by Gasteiger charge is -2.29. The van der Waals surface area contributed by atoms with Crippen LogP contribution in [0.4, 0.5) is 11.4 Å². The van der Waals surface area contributed by atoms with Crippen LogP contribution in [0.1, 0.15) is 5.56 Å². The van der Waals surface area contributed by atoms with Crippen LogP contribution in [-0.4, -0.2) is 31.4 Å². The van der Waals surface area contributed by atoms with Crippen LogP contribution in [0.5, 0.6) is 0 Å². The molecule has 0 spiro atoms. The Bertz CT molecular complexity index is 1050. The Morgan fingerprint density at radius 3 is 2.68 bits per heavy atom. The zero-order chi connectivity index (χ0) is 19.5. The highest BCUT2D eigenvalue weighted by atomic mass is 35.5. The van der Waals surface area contributed by atoms with Gasteiger partial charge in [-0.15, -0.1) is 0 Å². The molecule has 28 heavy (non-hydrogen) atoms. The molecule has 142 valence electrons. The van der Waals surface area contributed by atoms with E-state index in [1.165, 1.54) is 0 Å². The molecule has 0 aliphatic carbocycles. The predicted molar refractivity (Wildman–Crippen MR) is 113 cm³/mol. The minimum Gasteiger partial charge on any atom is -0.359 e. The van der Waals surface area contributed by atoms with E-state index in [-0.39, 0.29) is 24.8 Å². The Morgan fingerprint density at radius 2 is 1.89 bits per heavy atom. The highest BCUT2D eigenvalue weighted by Gasteiger charge is 2.19. The summed E-state index contributed by atoms with van der Waals surface area (Å²) in [4.78, 5) is 25.9. The van der Waals surface area contributed by atoms with Gasteiger partial charge in [0.25, 0.3) is 0 Å². The average Bonchev–Trinajstić information content (AvgIpc) is 2.68. The van der Waals surface area contributed by atoms with Crippen LogP contribution in [0.3, 0.4) is 0 Å². The third-order valence-electron chi connectivity index (χ3n) is 4.79. The van der Waals surface area contributed by atoms with Crippen molar-refractivity contribution in [3.05, 3.63) is 71.2 Å². The summed E-state index contributed by atoms with van der Waals surface area (Å²) < 4.78 is 0. The molecule has 3 aromatic rings. The van der Waals surface area contributed by atoms with Gasteiger partial charge in [-0.05, 0) is 34.5 Å². The fourth-order valence-electron chi connectivity index (χ4n) is 3.42. The quantitative estimate of drug-likeness (QED) is 0.711. The number of anilines is 2. The smallest absolute Gasteiger partial charge is 0.239 e. The average molecular weight is 394 g/mol. The maximum Gasteiger partial charge on any atom is 0.239 e. The molecule has 1 fully saturated rings. The molecular formula is C22H20ClN3O2. The van der Waals surface area contributed by atoms with Crippen LogP contribution in [0.25, 0.3) is 10.8 Å². The molecule has 2 amide bonds. The van der Waals surface area contributed by atoms with E-state index in [0.717, 1.165) is 22.0 Å². The summed E-state index contributed by atoms with van der Waals surface area (Å²) in [5.41, 5.74) is 2.39. The Labute approximate surface area is 168 Å². The molecule has 4 rings (SSSR count). The molecule has 2 N–H and O–H groups in total. The van der Waals surface area contributed by atoms with E-state index < -0.39 is 0 Å². The molecule has 1 aliphatic heterocycles. The third-order valence-corrected chi connectivity index (χ3v) is 5.09. The second-order valence-electron chi connectivity index (χ2n) is 6.84. The summed E-state index contributed by atoms with van der Waals surface area (Å²) in [6, 6.07) is 19.5. The molecule has 0 unspecified atom stereocenters. The zero-order valence-electron chi connectivity index (χ0n) is 15.2. The van der Waals surface area contributed by atoms with Crippen molar-refractivity contribution in [1.29, 1.82) is 0 Å². The van der Waals surface area contributed by atoms with Crippen LogP contribution in [0.2, 0.25) is 5.02 Å². The first kappa shape index (κ1) is 18.3. The second-order valence-corrected chi connectivity index (χ2v) is 7.25. The third kappa shape index (κ3) is 4.10. The summed E-state index contributed by atoms with van der Waals surface area (Å²) in [5.74, 6) is -0.119. The molecule has 1 aliphatic rings. The first-order valence-electron chi connectivity index (χ1n) is 9.17. The number of hydrogen-bond acceptors (Lipinski definition) is 3. The van der Waals surface area contributed by atoms with Crippen molar-refractivity contribution >= 4 is 45.6 Å². The van der Waals surface area contributed by atoms with Gasteiger partial charge in [0.05, 0.1) is 23.7 Å². The molecule has 0 radical (unpaired) electrons. The molecular weight excluding hydrogens is 374 g/mol. The first-order chi connectivity index (χ1) is 13.6. The van der Waals surface area contributed by atoms with Crippen LogP contribution < -0.4 is 15.5 Å². The van der Waals surface area contributed by atoms with Crippen molar-refractivity contribution in [2.24, 2.45) is 0 Å². The van der Waals surface area contributed by atoms with Gasteiger partial charge < -0.3 is 15.5 Å². The van der Waals surface area contributed by atoms with Gasteiger partial charge in [-0.1, -0.05) is 54.1 Å². The maximum absolute atomic E-state index is 12.4. The monoisotopic (exact) mass is 393 g/mol. The van der Waals surface area contributed by atoms with Gasteiger partial charge in [0, 0.05) is 18.8 Å². The summed E-state index contributed by atoms with van der Waals surface area (Å²) >= 11 is 6.39. The summed E-state index contributed by atoms with van der Waals surface area (Å²) in [7, 11) is 0. The Balaban J connectivity index is 1.43. The van der Waals surface area contributed by atoms with Gasteiger partial charge in [-0.25, -0.2) is 0 Å². The Kier molecular flexibility index (Phi) is 5.17. The number of carbonyl (C=O) groups excluding carboxylic acids is 2. The second kappa shape index (κ2) is 7.90. The van der Waals surface area contributed by atoms with Crippen LogP contribution in [-0.2, 0) is 16.0 Å². The minimum atomic E-state index is -0.101. The molecule has 5 nitrogen and oxygen atoms in total. The molecule has 1 heterocycles. The van der Waals surface area contributed by atoms with Crippen molar-refractivity contribution in [3.8, 4) is 0 Å². The van der Waals surface area contributed by atoms with Gasteiger partial charge in [0.15, 0.2) is 0 Å². The predicted octanol–water partition coefficient (Wildman–Crippen LogP) is 3.61. The number of piperazine rings is 1. The van der Waals surface area contributed by atoms with Gasteiger partial charge >= 0.3 is 0 Å². The number of carbonyl (C=O) groups is 2. The van der Waals surface area contributed by atoms with Crippen molar-refractivity contribution in [2.75, 3.05) is 29.9 Å². The topological polar surface area (TPSA) is 61.4 Å². The SMILES string of the molecule is O=C1CN(c2ccc(NC(=O)Cc3ccc4ccccc4c3)cc2Cl)CCN1. The van der Waals surface area contributed by atoms with E-state index in [0.29, 0.717) is 23.8 Å². The van der Waals surface area contributed by atoms with Crippen LogP contribution in [0.15, 0.2) is 60.7 Å². The highest BCUT2D eigenvalue weighted by Crippen LogP contribution is 2.29. The van der Waals surface area contributed by atoms with Crippen molar-refractivity contribution < 1.29 is 9.59 Å². The fraction of sp³-hybridized carbons (Fsp3) is 0.182. The largest absolute Gasteiger partial charge is 0.359 e. The molecule has 0 saturated carbocycles. The van der Waals surface area contributed by atoms with Gasteiger partial charge in [0.2, 0.25) is 11.8 Å². The van der Waals surface area contributed by atoms with Crippen molar-refractivity contribution in [3.63, 3.8) is 0 Å². The van der Waals surface area contributed by atoms with Gasteiger partial charge in [0.1, 0.15) is 0 Å². The van der Waals surface area contributed by atoms with E-state index in [9.17, 15) is 9.59 Å². The molecule has 0 aromatic heterocycles. The number of amides is 2. The lowest BCUT2D eigenvalue weighted by atomic mass is 10.0. The first-order valence-corrected chi connectivity index (χ1v) is 9.55. The summed E-state index contributed by atoms with van der Waals surface area (Å²) in [6.45, 7) is 1.59. The number of benzene rings is 3. The number of nitrogens with one attached hydrogen (secondary N) is 2. The summed E-state index contributed by atoms with van der Waals surface area (Å²) in [5, 5.41) is 8.47. The molecule has 0 bridgehead atoms. The maximum atomic E-state index is 12.4. The Hall–Kier alpha value is -3.05. The van der Waals surface area contributed by atoms with Crippen LogP contribution >= 0.6 is 11.6 Å².